The molecule has 1 heterocycles. The van der Waals surface area contributed by atoms with E-state index in [2.05, 4.69) is 10.3 Å². The summed E-state index contributed by atoms with van der Waals surface area (Å²) in [6.07, 6.45) is 0.294. The lowest BCUT2D eigenvalue weighted by Crippen LogP contribution is -2.27. The van der Waals surface area contributed by atoms with E-state index in [9.17, 15) is 9.59 Å². The van der Waals surface area contributed by atoms with Gasteiger partial charge in [-0.2, -0.15) is 0 Å². The first-order valence-corrected chi connectivity index (χ1v) is 11.9. The van der Waals surface area contributed by atoms with Crippen LogP contribution in [0.5, 0.6) is 0 Å². The second kappa shape index (κ2) is 10.9. The molecule has 0 fully saturated rings. The summed E-state index contributed by atoms with van der Waals surface area (Å²) in [4.78, 5) is 30.0. The Bertz CT molecular complexity index is 1150. The van der Waals surface area contributed by atoms with E-state index < -0.39 is 0 Å². The predicted molar refractivity (Wildman–Crippen MR) is 130 cm³/mol. The minimum absolute atomic E-state index is 0.0898. The normalized spacial score (nSPS) is 10.8. The Morgan fingerprint density at radius 3 is 2.22 bits per heavy atom. The largest absolute Gasteiger partial charge is 0.352 e. The molecular formula is C25H23N3O2S2. The molecule has 0 atom stereocenters. The fraction of sp³-hybridized carbons (Fsp3) is 0.160. The van der Waals surface area contributed by atoms with Crippen LogP contribution in [0.4, 0.5) is 0 Å². The number of amides is 2. The fourth-order valence-corrected chi connectivity index (χ4v) is 5.25. The molecule has 4 rings (SSSR count). The number of aromatic nitrogens is 1. The number of carbonyl (C=O) groups is 2. The molecular weight excluding hydrogens is 438 g/mol. The number of fused-ring (bicyclic) bond motifs is 1. The average Bonchev–Trinajstić information content (AvgIpc) is 3.24. The summed E-state index contributed by atoms with van der Waals surface area (Å²) in [5, 5.41) is 2.88. The predicted octanol–water partition coefficient (Wildman–Crippen LogP) is 5.43. The zero-order valence-corrected chi connectivity index (χ0v) is 19.1. The number of para-hydroxylation sites is 1. The maximum absolute atomic E-state index is 13.0. The number of benzene rings is 3. The zero-order valence-electron chi connectivity index (χ0n) is 17.4. The molecule has 0 aliphatic heterocycles. The van der Waals surface area contributed by atoms with Gasteiger partial charge in [0, 0.05) is 31.3 Å². The Labute approximate surface area is 195 Å². The van der Waals surface area contributed by atoms with Crippen molar-refractivity contribution in [1.82, 2.24) is 14.6 Å². The summed E-state index contributed by atoms with van der Waals surface area (Å²) < 4.78 is 3.60. The second-order valence-corrected chi connectivity index (χ2v) is 9.52. The van der Waals surface area contributed by atoms with E-state index in [1.165, 1.54) is 11.9 Å². The van der Waals surface area contributed by atoms with Gasteiger partial charge in [-0.05, 0) is 23.3 Å². The molecule has 0 saturated heterocycles. The molecule has 0 saturated carbocycles. The highest BCUT2D eigenvalue weighted by Gasteiger charge is 2.19. The quantitative estimate of drug-likeness (QED) is 0.338. The van der Waals surface area contributed by atoms with Crippen molar-refractivity contribution in [1.29, 1.82) is 0 Å². The Morgan fingerprint density at radius 1 is 0.844 bits per heavy atom. The molecule has 0 aliphatic carbocycles. The number of nitrogens with zero attached hydrogens (tertiary/aromatic N) is 2. The van der Waals surface area contributed by atoms with Gasteiger partial charge < -0.3 is 5.32 Å². The van der Waals surface area contributed by atoms with Crippen LogP contribution >= 0.6 is 23.3 Å². The first-order chi connectivity index (χ1) is 15.7. The summed E-state index contributed by atoms with van der Waals surface area (Å²) in [6.45, 7) is 0.911. The molecule has 0 unspecified atom stereocenters. The summed E-state index contributed by atoms with van der Waals surface area (Å²) in [7, 11) is 0. The molecule has 3 aromatic carbocycles. The lowest BCUT2D eigenvalue weighted by Gasteiger charge is -2.20. The molecule has 32 heavy (non-hydrogen) atoms. The van der Waals surface area contributed by atoms with Crippen molar-refractivity contribution in [3.63, 3.8) is 0 Å². The number of rotatable bonds is 9. The van der Waals surface area contributed by atoms with Crippen LogP contribution in [0.25, 0.3) is 10.2 Å². The summed E-state index contributed by atoms with van der Waals surface area (Å²) in [5.41, 5.74) is 2.99. The molecule has 0 radical (unpaired) electrons. The maximum Gasteiger partial charge on any atom is 0.233 e. The molecule has 0 aliphatic rings. The van der Waals surface area contributed by atoms with Crippen molar-refractivity contribution in [2.45, 2.75) is 30.3 Å². The van der Waals surface area contributed by atoms with Gasteiger partial charge >= 0.3 is 0 Å². The first-order valence-electron chi connectivity index (χ1n) is 10.4. The van der Waals surface area contributed by atoms with E-state index in [0.717, 1.165) is 25.7 Å². The van der Waals surface area contributed by atoms with Crippen molar-refractivity contribution in [2.75, 3.05) is 0 Å². The van der Waals surface area contributed by atoms with Crippen molar-refractivity contribution in [3.05, 3.63) is 96.1 Å². The standard InChI is InChI=1S/C25H23N3O2S2/c29-23(26-17-19-9-3-1-4-10-19)15-16-24(30)28(18-20-11-5-2-6-12-20)32-25-27-21-13-7-8-14-22(21)31-25/h1-14H,15-18H2,(H,26,29). The monoisotopic (exact) mass is 461 g/mol. The average molecular weight is 462 g/mol. The number of carbonyl (C=O) groups excluding carboxylic acids is 2. The Hall–Kier alpha value is -3.16. The summed E-state index contributed by atoms with van der Waals surface area (Å²) in [6, 6.07) is 27.5. The van der Waals surface area contributed by atoms with Crippen LogP contribution in [-0.2, 0) is 22.7 Å². The highest BCUT2D eigenvalue weighted by Crippen LogP contribution is 2.33. The van der Waals surface area contributed by atoms with Gasteiger partial charge in [0.2, 0.25) is 11.8 Å². The van der Waals surface area contributed by atoms with Crippen molar-refractivity contribution < 1.29 is 9.59 Å². The van der Waals surface area contributed by atoms with Crippen molar-refractivity contribution in [2.24, 2.45) is 0 Å². The molecule has 5 nitrogen and oxygen atoms in total. The molecule has 162 valence electrons. The lowest BCUT2D eigenvalue weighted by molar-refractivity contribution is -0.129. The zero-order chi connectivity index (χ0) is 22.2. The smallest absolute Gasteiger partial charge is 0.233 e. The van der Waals surface area contributed by atoms with Crippen LogP contribution in [0.1, 0.15) is 24.0 Å². The third kappa shape index (κ3) is 6.18. The van der Waals surface area contributed by atoms with E-state index in [4.69, 9.17) is 0 Å². The highest BCUT2D eigenvalue weighted by molar-refractivity contribution is 7.99. The van der Waals surface area contributed by atoms with Gasteiger partial charge in [-0.3, -0.25) is 13.9 Å². The highest BCUT2D eigenvalue weighted by atomic mass is 32.2. The van der Waals surface area contributed by atoms with Gasteiger partial charge in [-0.25, -0.2) is 4.98 Å². The first kappa shape index (κ1) is 22.0. The van der Waals surface area contributed by atoms with Crippen molar-refractivity contribution >= 4 is 45.3 Å². The van der Waals surface area contributed by atoms with Gasteiger partial charge in [0.05, 0.1) is 16.8 Å². The number of thiazole rings is 1. The van der Waals surface area contributed by atoms with E-state index in [-0.39, 0.29) is 24.7 Å². The number of hydrogen-bond acceptors (Lipinski definition) is 5. The van der Waals surface area contributed by atoms with Gasteiger partial charge in [0.15, 0.2) is 4.34 Å². The number of hydrogen-bond donors (Lipinski definition) is 1. The Kier molecular flexibility index (Phi) is 7.53. The van der Waals surface area contributed by atoms with Gasteiger partial charge in [-0.1, -0.05) is 72.8 Å². The van der Waals surface area contributed by atoms with Crippen LogP contribution in [0.3, 0.4) is 0 Å². The van der Waals surface area contributed by atoms with E-state index in [0.29, 0.717) is 13.1 Å². The molecule has 2 amide bonds. The lowest BCUT2D eigenvalue weighted by atomic mass is 10.2. The molecule has 7 heteroatoms. The van der Waals surface area contributed by atoms with E-state index in [1.54, 1.807) is 15.6 Å². The van der Waals surface area contributed by atoms with Gasteiger partial charge in [-0.15, -0.1) is 11.3 Å². The van der Waals surface area contributed by atoms with Crippen LogP contribution < -0.4 is 5.32 Å². The van der Waals surface area contributed by atoms with E-state index >= 15 is 0 Å². The van der Waals surface area contributed by atoms with Crippen LogP contribution in [0, 0.1) is 0 Å². The van der Waals surface area contributed by atoms with Crippen LogP contribution in [-0.4, -0.2) is 21.1 Å². The topological polar surface area (TPSA) is 62.3 Å². The van der Waals surface area contributed by atoms with Crippen LogP contribution in [0.15, 0.2) is 89.3 Å². The number of nitrogens with one attached hydrogen (secondary N) is 1. The molecule has 0 spiro atoms. The SMILES string of the molecule is O=C(CCC(=O)N(Cc1ccccc1)Sc1nc2ccccc2s1)NCc1ccccc1. The molecule has 1 N–H and O–H groups in total. The minimum atomic E-state index is -0.133. The van der Waals surface area contributed by atoms with Crippen LogP contribution in [0.2, 0.25) is 0 Å². The molecule has 0 bridgehead atoms. The Balaban J connectivity index is 1.39. The maximum atomic E-state index is 13.0. The third-order valence-corrected chi connectivity index (χ3v) is 6.91. The summed E-state index contributed by atoms with van der Waals surface area (Å²) in [5.74, 6) is -0.222. The molecule has 1 aromatic heterocycles. The Morgan fingerprint density at radius 2 is 1.50 bits per heavy atom. The van der Waals surface area contributed by atoms with Gasteiger partial charge in [0.1, 0.15) is 0 Å². The third-order valence-electron chi connectivity index (χ3n) is 4.81. The van der Waals surface area contributed by atoms with Gasteiger partial charge in [0.25, 0.3) is 0 Å². The summed E-state index contributed by atoms with van der Waals surface area (Å²) >= 11 is 2.90. The fourth-order valence-electron chi connectivity index (χ4n) is 3.14. The second-order valence-electron chi connectivity index (χ2n) is 7.22. The minimum Gasteiger partial charge on any atom is -0.352 e. The molecule has 4 aromatic rings. The van der Waals surface area contributed by atoms with Crippen molar-refractivity contribution in [3.8, 4) is 0 Å². The van der Waals surface area contributed by atoms with E-state index in [1.807, 2.05) is 84.9 Å².